The Hall–Kier alpha value is -1.86. The summed E-state index contributed by atoms with van der Waals surface area (Å²) in [5, 5.41) is 17.1. The van der Waals surface area contributed by atoms with Crippen molar-refractivity contribution in [1.29, 1.82) is 0 Å². The lowest BCUT2D eigenvalue weighted by atomic mass is 10.4. The van der Waals surface area contributed by atoms with Gasteiger partial charge >= 0.3 is 11.9 Å². The molecule has 1 aromatic heterocycles. The average Bonchev–Trinajstić information content (AvgIpc) is 2.89. The highest BCUT2D eigenvalue weighted by Gasteiger charge is 2.17. The molecule has 19 heavy (non-hydrogen) atoms. The molecule has 0 unspecified atom stereocenters. The van der Waals surface area contributed by atoms with E-state index in [1.165, 1.54) is 12.1 Å². The zero-order chi connectivity index (χ0) is 14.1. The van der Waals surface area contributed by atoms with Crippen molar-refractivity contribution in [2.45, 2.75) is 12.8 Å². The zero-order valence-electron chi connectivity index (χ0n) is 10.3. The summed E-state index contributed by atoms with van der Waals surface area (Å²) < 4.78 is 14.6. The Bertz CT molecular complexity index is 373. The van der Waals surface area contributed by atoms with Crippen LogP contribution < -0.4 is 0 Å². The van der Waals surface area contributed by atoms with Crippen molar-refractivity contribution >= 4 is 11.9 Å². The Labute approximate surface area is 109 Å². The van der Waals surface area contributed by atoms with Crippen molar-refractivity contribution in [3.8, 4) is 0 Å². The third kappa shape index (κ3) is 5.11. The van der Waals surface area contributed by atoms with Gasteiger partial charge in [0.25, 0.3) is 0 Å². The minimum absolute atomic E-state index is 0.0755. The second-order valence-corrected chi connectivity index (χ2v) is 3.59. The molecule has 7 heteroatoms. The summed E-state index contributed by atoms with van der Waals surface area (Å²) >= 11 is 0. The van der Waals surface area contributed by atoms with Gasteiger partial charge in [0.1, 0.15) is 0 Å². The molecule has 0 radical (unpaired) electrons. The van der Waals surface area contributed by atoms with Crippen LogP contribution in [0, 0.1) is 0 Å². The normalized spacial score (nSPS) is 10.2. The number of furan rings is 1. The van der Waals surface area contributed by atoms with Gasteiger partial charge in [-0.25, -0.2) is 9.59 Å². The topological polar surface area (TPSA) is 106 Å². The number of rotatable bonds is 8. The van der Waals surface area contributed by atoms with Crippen molar-refractivity contribution in [2.24, 2.45) is 0 Å². The standard InChI is InChI=1S/C12H16O7/c13-5-1-7-17-11(15)9-3-4-10(19-9)12(16)18-8-2-6-14/h3-4,13-14H,1-2,5-8H2. The first-order valence-corrected chi connectivity index (χ1v) is 5.85. The fourth-order valence-electron chi connectivity index (χ4n) is 1.16. The van der Waals surface area contributed by atoms with Crippen molar-refractivity contribution in [3.05, 3.63) is 23.7 Å². The smallest absolute Gasteiger partial charge is 0.374 e. The van der Waals surface area contributed by atoms with Crippen LogP contribution in [0.2, 0.25) is 0 Å². The number of hydrogen-bond donors (Lipinski definition) is 2. The minimum Gasteiger partial charge on any atom is -0.460 e. The number of aliphatic hydroxyl groups excluding tert-OH is 2. The fraction of sp³-hybridized carbons (Fsp3) is 0.500. The quantitative estimate of drug-likeness (QED) is 0.519. The van der Waals surface area contributed by atoms with Crippen LogP contribution in [0.25, 0.3) is 0 Å². The first kappa shape index (κ1) is 15.2. The van der Waals surface area contributed by atoms with E-state index < -0.39 is 11.9 Å². The highest BCUT2D eigenvalue weighted by molar-refractivity contribution is 5.90. The van der Waals surface area contributed by atoms with E-state index in [1.807, 2.05) is 0 Å². The fourth-order valence-corrected chi connectivity index (χ4v) is 1.16. The summed E-state index contributed by atoms with van der Waals surface area (Å²) in [6, 6.07) is 2.62. The Morgan fingerprint density at radius 3 is 1.74 bits per heavy atom. The summed E-state index contributed by atoms with van der Waals surface area (Å²) in [4.78, 5) is 22.9. The molecule has 0 aliphatic rings. The molecule has 0 aliphatic carbocycles. The summed E-state index contributed by atoms with van der Waals surface area (Å²) in [7, 11) is 0. The Kier molecular flexibility index (Phi) is 6.62. The van der Waals surface area contributed by atoms with Crippen LogP contribution in [0.4, 0.5) is 0 Å². The van der Waals surface area contributed by atoms with E-state index in [2.05, 4.69) is 0 Å². The number of carbonyl (C=O) groups is 2. The van der Waals surface area contributed by atoms with Gasteiger partial charge in [-0.15, -0.1) is 0 Å². The molecule has 7 nitrogen and oxygen atoms in total. The van der Waals surface area contributed by atoms with Gasteiger partial charge in [-0.1, -0.05) is 0 Å². The highest BCUT2D eigenvalue weighted by Crippen LogP contribution is 2.11. The predicted molar refractivity (Wildman–Crippen MR) is 62.7 cm³/mol. The lowest BCUT2D eigenvalue weighted by Crippen LogP contribution is -2.08. The van der Waals surface area contributed by atoms with Gasteiger partial charge in [0, 0.05) is 26.1 Å². The molecule has 0 aromatic carbocycles. The molecule has 1 heterocycles. The first-order chi connectivity index (χ1) is 9.19. The van der Waals surface area contributed by atoms with E-state index in [0.717, 1.165) is 0 Å². The maximum absolute atomic E-state index is 11.4. The molecule has 0 saturated carbocycles. The summed E-state index contributed by atoms with van der Waals surface area (Å²) in [6.07, 6.45) is 0.672. The SMILES string of the molecule is O=C(OCCCO)c1ccc(C(=O)OCCCO)o1. The molecule has 0 amide bonds. The molecule has 0 bridgehead atoms. The maximum atomic E-state index is 11.4. The number of hydrogen-bond acceptors (Lipinski definition) is 7. The van der Waals surface area contributed by atoms with Crippen LogP contribution in [0.3, 0.4) is 0 Å². The van der Waals surface area contributed by atoms with Crippen LogP contribution in [0.5, 0.6) is 0 Å². The lowest BCUT2D eigenvalue weighted by molar-refractivity contribution is 0.0413. The Morgan fingerprint density at radius 1 is 0.947 bits per heavy atom. The number of esters is 2. The molecule has 0 saturated heterocycles. The third-order valence-electron chi connectivity index (χ3n) is 2.08. The van der Waals surface area contributed by atoms with Gasteiger partial charge in [-0.2, -0.15) is 0 Å². The van der Waals surface area contributed by atoms with Crippen molar-refractivity contribution in [3.63, 3.8) is 0 Å². The van der Waals surface area contributed by atoms with E-state index >= 15 is 0 Å². The van der Waals surface area contributed by atoms with Crippen molar-refractivity contribution in [1.82, 2.24) is 0 Å². The molecule has 0 atom stereocenters. The Morgan fingerprint density at radius 2 is 1.37 bits per heavy atom. The summed E-state index contributed by atoms with van der Waals surface area (Å²) in [5.41, 5.74) is 0. The van der Waals surface area contributed by atoms with E-state index in [4.69, 9.17) is 24.1 Å². The first-order valence-electron chi connectivity index (χ1n) is 5.85. The number of carbonyl (C=O) groups excluding carboxylic acids is 2. The number of ether oxygens (including phenoxy) is 2. The van der Waals surface area contributed by atoms with E-state index in [0.29, 0.717) is 12.8 Å². The summed E-state index contributed by atoms with van der Waals surface area (Å²) in [5.74, 6) is -1.62. The van der Waals surface area contributed by atoms with Gasteiger partial charge in [-0.05, 0) is 12.1 Å². The monoisotopic (exact) mass is 272 g/mol. The van der Waals surface area contributed by atoms with Gasteiger partial charge in [0.15, 0.2) is 0 Å². The summed E-state index contributed by atoms with van der Waals surface area (Å²) in [6.45, 7) is 0.000359. The number of aliphatic hydroxyl groups is 2. The van der Waals surface area contributed by atoms with E-state index in [9.17, 15) is 9.59 Å². The predicted octanol–water partition coefficient (Wildman–Crippen LogP) is 0.358. The second kappa shape index (κ2) is 8.28. The van der Waals surface area contributed by atoms with Crippen LogP contribution in [-0.4, -0.2) is 48.6 Å². The van der Waals surface area contributed by atoms with Gasteiger partial charge in [0.2, 0.25) is 11.5 Å². The molecule has 1 rings (SSSR count). The van der Waals surface area contributed by atoms with Crippen LogP contribution in [0.1, 0.15) is 34.0 Å². The van der Waals surface area contributed by atoms with E-state index in [-0.39, 0.29) is 37.9 Å². The van der Waals surface area contributed by atoms with Crippen molar-refractivity contribution in [2.75, 3.05) is 26.4 Å². The molecule has 1 aromatic rings. The zero-order valence-corrected chi connectivity index (χ0v) is 10.3. The Balaban J connectivity index is 2.46. The lowest BCUT2D eigenvalue weighted by Gasteiger charge is -2.01. The van der Waals surface area contributed by atoms with E-state index in [1.54, 1.807) is 0 Å². The van der Waals surface area contributed by atoms with Gasteiger partial charge in [0.05, 0.1) is 13.2 Å². The minimum atomic E-state index is -0.706. The second-order valence-electron chi connectivity index (χ2n) is 3.59. The molecule has 0 fully saturated rings. The molecular formula is C12H16O7. The third-order valence-corrected chi connectivity index (χ3v) is 2.08. The highest BCUT2D eigenvalue weighted by atomic mass is 16.6. The molecule has 0 aliphatic heterocycles. The molecular weight excluding hydrogens is 256 g/mol. The molecule has 106 valence electrons. The van der Waals surface area contributed by atoms with Gasteiger partial charge < -0.3 is 24.1 Å². The van der Waals surface area contributed by atoms with Crippen LogP contribution in [-0.2, 0) is 9.47 Å². The van der Waals surface area contributed by atoms with Crippen LogP contribution in [0.15, 0.2) is 16.5 Å². The van der Waals surface area contributed by atoms with Crippen molar-refractivity contribution < 1.29 is 33.7 Å². The largest absolute Gasteiger partial charge is 0.460 e. The molecule has 2 N–H and O–H groups in total. The molecule has 0 spiro atoms. The average molecular weight is 272 g/mol. The van der Waals surface area contributed by atoms with Crippen LogP contribution >= 0.6 is 0 Å². The van der Waals surface area contributed by atoms with Gasteiger partial charge in [-0.3, -0.25) is 0 Å². The maximum Gasteiger partial charge on any atom is 0.374 e.